The summed E-state index contributed by atoms with van der Waals surface area (Å²) in [4.78, 5) is 73.1. The Hall–Kier alpha value is -7.64. The lowest BCUT2D eigenvalue weighted by atomic mass is 10.2. The molecule has 0 unspecified atom stereocenters. The van der Waals surface area contributed by atoms with Gasteiger partial charge in [-0.3, -0.25) is 28.8 Å². The molecule has 320 valence electrons. The van der Waals surface area contributed by atoms with E-state index in [-0.39, 0.29) is 87.3 Å². The van der Waals surface area contributed by atoms with Gasteiger partial charge in [0.2, 0.25) is 47.8 Å². The van der Waals surface area contributed by atoms with Crippen LogP contribution in [0, 0.1) is 0 Å². The molecule has 8 rings (SSSR count). The summed E-state index contributed by atoms with van der Waals surface area (Å²) < 4.78 is 11.6. The summed E-state index contributed by atoms with van der Waals surface area (Å²) in [5.74, 6) is -1.62. The topological polar surface area (TPSA) is 226 Å². The fourth-order valence-electron chi connectivity index (χ4n) is 7.36. The first-order valence-electron chi connectivity index (χ1n) is 20.5. The van der Waals surface area contributed by atoms with Gasteiger partial charge in [-0.25, -0.2) is 0 Å². The van der Waals surface area contributed by atoms with Crippen LogP contribution in [0.3, 0.4) is 0 Å². The second kappa shape index (κ2) is 18.3. The number of hydrogen-bond acceptors (Lipinski definition) is 8. The zero-order valence-corrected chi connectivity index (χ0v) is 35.0. The number of nitrogens with one attached hydrogen (secondary N) is 6. The molecule has 0 radical (unpaired) electrons. The number of fused-ring (bicyclic) bond motifs is 14. The molecule has 2 aliphatic heterocycles. The summed E-state index contributed by atoms with van der Waals surface area (Å²) in [6.07, 6.45) is 8.92. The van der Waals surface area contributed by atoms with E-state index in [9.17, 15) is 28.8 Å². The van der Waals surface area contributed by atoms with E-state index < -0.39 is 5.91 Å². The van der Waals surface area contributed by atoms with Gasteiger partial charge in [-0.15, -0.1) is 0 Å². The second-order valence-electron chi connectivity index (χ2n) is 14.7. The van der Waals surface area contributed by atoms with E-state index in [0.29, 0.717) is 22.7 Å². The zero-order chi connectivity index (χ0) is 44.0. The lowest BCUT2D eigenvalue weighted by molar-refractivity contribution is -0.990. The summed E-state index contributed by atoms with van der Waals surface area (Å²) in [6, 6.07) is 18.8. The SMILES string of the molecule is CC(=O)NCCC(=O)NCCC(=O)Nc1ccc2[n+](c1)C1(n3nc4cccc[n+]4c3-2)n2nc3cccc[n+]3c2-c2ccc(NC(=O)CCNC(=O)CCNC(C)=O)c[n+]21.CCC. The zero-order valence-electron chi connectivity index (χ0n) is 35.0. The molecule has 0 aliphatic carbocycles. The molecule has 2 aliphatic rings. The molecule has 0 fully saturated rings. The third-order valence-electron chi connectivity index (χ3n) is 9.88. The van der Waals surface area contributed by atoms with Gasteiger partial charge in [0.25, 0.3) is 11.4 Å². The quantitative estimate of drug-likeness (QED) is 0.0793. The molecule has 8 heterocycles. The second-order valence-corrected chi connectivity index (χ2v) is 14.7. The number of pyridine rings is 4. The van der Waals surface area contributed by atoms with Crippen molar-refractivity contribution in [1.82, 2.24) is 40.8 Å². The van der Waals surface area contributed by atoms with Crippen LogP contribution >= 0.6 is 0 Å². The number of hydrogen-bond donors (Lipinski definition) is 6. The van der Waals surface area contributed by atoms with Crippen LogP contribution in [0.15, 0.2) is 85.5 Å². The molecular weight excluding hydrogens is 797 g/mol. The maximum Gasteiger partial charge on any atom is 0.693 e. The fraction of sp³-hybridized carbons (Fsp3) is 0.333. The molecule has 0 atom stereocenters. The first-order chi connectivity index (χ1) is 30.0. The van der Waals surface area contributed by atoms with Crippen molar-refractivity contribution in [2.45, 2.75) is 65.7 Å². The molecule has 62 heavy (non-hydrogen) atoms. The number of carbonyl (C=O) groups is 6. The van der Waals surface area contributed by atoms with E-state index in [0.717, 1.165) is 23.0 Å². The van der Waals surface area contributed by atoms with Gasteiger partial charge >= 0.3 is 28.9 Å². The van der Waals surface area contributed by atoms with Crippen LogP contribution < -0.4 is 49.8 Å². The number of aromatic nitrogens is 8. The van der Waals surface area contributed by atoms with Gasteiger partial charge in [0.05, 0.1) is 32.0 Å². The predicted octanol–water partition coefficient (Wildman–Crippen LogP) is -0.336. The number of nitrogens with zero attached hydrogens (tertiary/aromatic N) is 8. The minimum atomic E-state index is -1.39. The van der Waals surface area contributed by atoms with Crippen molar-refractivity contribution in [3.05, 3.63) is 85.5 Å². The third kappa shape index (κ3) is 8.38. The Kier molecular flexibility index (Phi) is 12.6. The Morgan fingerprint density at radius 3 is 1.34 bits per heavy atom. The predicted molar refractivity (Wildman–Crippen MR) is 221 cm³/mol. The summed E-state index contributed by atoms with van der Waals surface area (Å²) >= 11 is 0. The lowest BCUT2D eigenvalue weighted by Crippen LogP contribution is -2.77. The smallest absolute Gasteiger partial charge is 0.356 e. The van der Waals surface area contributed by atoms with Crippen LogP contribution in [-0.2, 0) is 34.7 Å². The van der Waals surface area contributed by atoms with Crippen LogP contribution in [0.4, 0.5) is 11.4 Å². The molecule has 6 amide bonds. The average molecular weight is 847 g/mol. The van der Waals surface area contributed by atoms with Gasteiger partial charge in [0.1, 0.15) is 11.4 Å². The Labute approximate surface area is 355 Å². The van der Waals surface area contributed by atoms with Gasteiger partial charge in [0.15, 0.2) is 0 Å². The van der Waals surface area contributed by atoms with Crippen molar-refractivity contribution in [3.63, 3.8) is 0 Å². The molecule has 0 bridgehead atoms. The van der Waals surface area contributed by atoms with Crippen molar-refractivity contribution in [3.8, 4) is 23.0 Å². The van der Waals surface area contributed by atoms with Gasteiger partial charge in [-0.05, 0) is 33.4 Å². The van der Waals surface area contributed by atoms with Crippen molar-refractivity contribution in [2.24, 2.45) is 0 Å². The highest BCUT2D eigenvalue weighted by molar-refractivity contribution is 5.91. The standard InChI is InChI=1S/C39H38N14O6.C3H8/c1-25(54)40-17-13-33(56)42-19-15-35(58)44-27-9-11-29-37-48-21-5-3-7-31(48)46-52(37)39(50(29)23-27)51-24-28(45-36(59)16-20-43-34(57)14-18-41-26(2)55)10-12-30(51)38-49-22-6-4-8-32(49)47-53(38)39;1-3-2/h3-12,21-24H,13-20H2,1-2H3,(H2-2,40,41,42,43,54,55,56,57);3H2,1-2H3/p+4. The van der Waals surface area contributed by atoms with Crippen molar-refractivity contribution in [1.29, 1.82) is 0 Å². The van der Waals surface area contributed by atoms with Crippen LogP contribution in [0.5, 0.6) is 0 Å². The van der Waals surface area contributed by atoms with Crippen molar-refractivity contribution in [2.75, 3.05) is 36.8 Å². The first kappa shape index (κ1) is 42.5. The third-order valence-corrected chi connectivity index (χ3v) is 9.88. The van der Waals surface area contributed by atoms with E-state index in [1.165, 1.54) is 20.3 Å². The van der Waals surface area contributed by atoms with E-state index in [4.69, 9.17) is 10.2 Å². The Morgan fingerprint density at radius 2 is 0.935 bits per heavy atom. The number of anilines is 2. The number of amides is 6. The monoisotopic (exact) mass is 846 g/mol. The van der Waals surface area contributed by atoms with Crippen LogP contribution in [-0.4, -0.2) is 81.2 Å². The molecule has 1 spiro atoms. The lowest BCUT2D eigenvalue weighted by Gasteiger charge is -2.10. The minimum Gasteiger partial charge on any atom is -0.356 e. The van der Waals surface area contributed by atoms with E-state index in [2.05, 4.69) is 45.7 Å². The molecular formula is C42H50N14O6+4. The van der Waals surface area contributed by atoms with Crippen LogP contribution in [0.25, 0.3) is 34.3 Å². The maximum absolute atomic E-state index is 13.2. The normalized spacial score (nSPS) is 12.3. The molecule has 6 N–H and O–H groups in total. The Bertz CT molecular complexity index is 2540. The van der Waals surface area contributed by atoms with Crippen LogP contribution in [0.1, 0.15) is 59.8 Å². The summed E-state index contributed by atoms with van der Waals surface area (Å²) in [5.41, 5.74) is 3.78. The number of carbonyl (C=O) groups excluding carboxylic acids is 6. The first-order valence-corrected chi connectivity index (χ1v) is 20.5. The van der Waals surface area contributed by atoms with Gasteiger partial charge in [-0.2, -0.15) is 8.80 Å². The molecule has 0 aromatic carbocycles. The average Bonchev–Trinajstić information content (AvgIpc) is 3.95. The molecule has 0 saturated heterocycles. The fourth-order valence-corrected chi connectivity index (χ4v) is 7.36. The molecule has 20 heteroatoms. The summed E-state index contributed by atoms with van der Waals surface area (Å²) in [6.45, 7) is 7.62. The largest absolute Gasteiger partial charge is 0.693 e. The van der Waals surface area contributed by atoms with E-state index >= 15 is 0 Å². The van der Waals surface area contributed by atoms with Gasteiger partial charge < -0.3 is 31.9 Å². The molecule has 6 aromatic heterocycles. The molecule has 6 aromatic rings. The highest BCUT2D eigenvalue weighted by atomic mass is 16.2. The Morgan fingerprint density at radius 1 is 0.548 bits per heavy atom. The maximum atomic E-state index is 13.2. The van der Waals surface area contributed by atoms with Crippen molar-refractivity contribution < 1.29 is 46.7 Å². The van der Waals surface area contributed by atoms with Gasteiger partial charge in [-0.1, -0.05) is 32.4 Å². The van der Waals surface area contributed by atoms with Crippen LogP contribution in [0.2, 0.25) is 0 Å². The minimum absolute atomic E-state index is 0.00750. The molecule has 20 nitrogen and oxygen atoms in total. The Balaban J connectivity index is 0.00000187. The van der Waals surface area contributed by atoms with Crippen molar-refractivity contribution >= 4 is 58.1 Å². The van der Waals surface area contributed by atoms with E-state index in [1.54, 1.807) is 12.1 Å². The number of rotatable bonds is 14. The highest BCUT2D eigenvalue weighted by Crippen LogP contribution is 2.36. The van der Waals surface area contributed by atoms with Gasteiger partial charge in [0, 0.05) is 90.0 Å². The van der Waals surface area contributed by atoms with E-state index in [1.807, 2.05) is 101 Å². The molecule has 0 saturated carbocycles. The highest BCUT2D eigenvalue weighted by Gasteiger charge is 2.81. The summed E-state index contributed by atoms with van der Waals surface area (Å²) in [5, 5.41) is 26.8. The summed E-state index contributed by atoms with van der Waals surface area (Å²) in [7, 11) is 0.